The number of aliphatic imine (C=N–C) groups is 1. The molecule has 0 saturated heterocycles. The Labute approximate surface area is 215 Å². The fraction of sp³-hybridized carbons (Fsp3) is 0.241. The molecule has 0 unspecified atom stereocenters. The first-order valence-electron chi connectivity index (χ1n) is 12.1. The van der Waals surface area contributed by atoms with Crippen molar-refractivity contribution in [2.45, 2.75) is 47.0 Å². The van der Waals surface area contributed by atoms with Crippen LogP contribution in [0.15, 0.2) is 70.3 Å². The van der Waals surface area contributed by atoms with Crippen LogP contribution in [0, 0.1) is 26.2 Å². The van der Waals surface area contributed by atoms with Gasteiger partial charge < -0.3 is 4.57 Å². The van der Waals surface area contributed by atoms with Crippen molar-refractivity contribution in [1.29, 1.82) is 5.41 Å². The predicted octanol–water partition coefficient (Wildman–Crippen LogP) is 6.58. The SMILES string of the molecule is CC[C@H](C)c1ccc(-n2c(C)cc(/C=C3\C(=N)N4N=C(c5cccc(C)c5)SC4=NC3=O)c2C)cc1. The summed E-state index contributed by atoms with van der Waals surface area (Å²) in [6, 6.07) is 18.7. The predicted molar refractivity (Wildman–Crippen MR) is 149 cm³/mol. The minimum absolute atomic E-state index is 0.0443. The van der Waals surface area contributed by atoms with E-state index in [4.69, 9.17) is 5.41 Å². The number of hydrazone groups is 1. The van der Waals surface area contributed by atoms with E-state index in [1.165, 1.54) is 22.3 Å². The van der Waals surface area contributed by atoms with Gasteiger partial charge in [-0.15, -0.1) is 0 Å². The molecule has 0 saturated carbocycles. The van der Waals surface area contributed by atoms with Crippen molar-refractivity contribution in [3.05, 3.63) is 93.8 Å². The number of thioether (sulfide) groups is 1. The summed E-state index contributed by atoms with van der Waals surface area (Å²) in [4.78, 5) is 17.2. The number of aromatic nitrogens is 1. The van der Waals surface area contributed by atoms with Crippen LogP contribution in [0.4, 0.5) is 0 Å². The highest BCUT2D eigenvalue weighted by atomic mass is 32.2. The summed E-state index contributed by atoms with van der Waals surface area (Å²) in [5, 5.41) is 16.0. The van der Waals surface area contributed by atoms with Crippen LogP contribution in [0.25, 0.3) is 11.8 Å². The van der Waals surface area contributed by atoms with Gasteiger partial charge in [-0.3, -0.25) is 10.2 Å². The zero-order valence-corrected chi connectivity index (χ0v) is 22.0. The molecule has 2 aliphatic rings. The Morgan fingerprint density at radius 1 is 1.08 bits per heavy atom. The molecule has 1 N–H and O–H groups in total. The number of rotatable bonds is 5. The smallest absolute Gasteiger partial charge is 0.283 e. The van der Waals surface area contributed by atoms with Crippen LogP contribution >= 0.6 is 11.8 Å². The van der Waals surface area contributed by atoms with E-state index < -0.39 is 5.91 Å². The molecule has 1 atom stereocenters. The number of nitrogens with zero attached hydrogens (tertiary/aromatic N) is 4. The first-order valence-corrected chi connectivity index (χ1v) is 12.9. The van der Waals surface area contributed by atoms with Gasteiger partial charge in [0, 0.05) is 22.6 Å². The van der Waals surface area contributed by atoms with E-state index >= 15 is 0 Å². The summed E-state index contributed by atoms with van der Waals surface area (Å²) < 4.78 is 2.18. The van der Waals surface area contributed by atoms with Gasteiger partial charge in [0.2, 0.25) is 5.17 Å². The van der Waals surface area contributed by atoms with Crippen molar-refractivity contribution in [1.82, 2.24) is 9.58 Å². The minimum atomic E-state index is -0.415. The van der Waals surface area contributed by atoms with Gasteiger partial charge >= 0.3 is 0 Å². The van der Waals surface area contributed by atoms with Crippen molar-refractivity contribution >= 4 is 39.8 Å². The molecule has 36 heavy (non-hydrogen) atoms. The van der Waals surface area contributed by atoms with Gasteiger partial charge in [0.25, 0.3) is 5.91 Å². The van der Waals surface area contributed by atoms with Gasteiger partial charge in [-0.05, 0) is 86.3 Å². The molecule has 0 aliphatic carbocycles. The lowest BCUT2D eigenvalue weighted by molar-refractivity contribution is -0.114. The minimum Gasteiger partial charge on any atom is -0.318 e. The van der Waals surface area contributed by atoms with Gasteiger partial charge in [0.15, 0.2) is 5.84 Å². The van der Waals surface area contributed by atoms with Gasteiger partial charge in [0.1, 0.15) is 5.04 Å². The number of hydrogen-bond acceptors (Lipinski definition) is 4. The third-order valence-corrected chi connectivity index (χ3v) is 7.78. The lowest BCUT2D eigenvalue weighted by atomic mass is 9.98. The molecule has 2 aliphatic heterocycles. The number of amides is 1. The summed E-state index contributed by atoms with van der Waals surface area (Å²) in [6.45, 7) is 10.6. The van der Waals surface area contributed by atoms with Crippen LogP contribution in [-0.2, 0) is 4.79 Å². The Morgan fingerprint density at radius 2 is 1.83 bits per heavy atom. The maximum atomic E-state index is 13.0. The molecule has 3 heterocycles. The molecule has 1 aromatic heterocycles. The van der Waals surface area contributed by atoms with Crippen LogP contribution < -0.4 is 0 Å². The average molecular weight is 496 g/mol. The van der Waals surface area contributed by atoms with E-state index in [2.05, 4.69) is 59.7 Å². The van der Waals surface area contributed by atoms with Crippen molar-refractivity contribution in [2.75, 3.05) is 0 Å². The maximum absolute atomic E-state index is 13.0. The van der Waals surface area contributed by atoms with Gasteiger partial charge in [-0.1, -0.05) is 49.7 Å². The molecule has 1 amide bonds. The molecule has 0 bridgehead atoms. The fourth-order valence-corrected chi connectivity index (χ4v) is 5.45. The summed E-state index contributed by atoms with van der Waals surface area (Å²) in [5.74, 6) is 0.155. The van der Waals surface area contributed by atoms with E-state index in [0.717, 1.165) is 45.2 Å². The average Bonchev–Trinajstić information content (AvgIpc) is 3.41. The number of amidine groups is 2. The second kappa shape index (κ2) is 9.39. The Kier molecular flexibility index (Phi) is 6.26. The molecule has 0 spiro atoms. The van der Waals surface area contributed by atoms with E-state index in [1.807, 2.05) is 44.2 Å². The topological polar surface area (TPSA) is 73.8 Å². The van der Waals surface area contributed by atoms with E-state index in [9.17, 15) is 4.79 Å². The third-order valence-electron chi connectivity index (χ3n) is 6.82. The monoisotopic (exact) mass is 495 g/mol. The number of hydrogen-bond donors (Lipinski definition) is 1. The lowest BCUT2D eigenvalue weighted by Gasteiger charge is -2.20. The zero-order chi connectivity index (χ0) is 25.6. The summed E-state index contributed by atoms with van der Waals surface area (Å²) in [7, 11) is 0. The molecule has 7 heteroatoms. The Bertz CT molecular complexity index is 1480. The number of benzene rings is 2. The molecule has 0 radical (unpaired) electrons. The van der Waals surface area contributed by atoms with Crippen molar-refractivity contribution in [3.8, 4) is 5.69 Å². The number of carbonyl (C=O) groups excluding carboxylic acids is 1. The number of fused-ring (bicyclic) bond motifs is 1. The van der Waals surface area contributed by atoms with Crippen LogP contribution in [0.1, 0.15) is 59.8 Å². The quantitative estimate of drug-likeness (QED) is 0.406. The van der Waals surface area contributed by atoms with E-state index in [0.29, 0.717) is 11.1 Å². The second-order valence-electron chi connectivity index (χ2n) is 9.36. The van der Waals surface area contributed by atoms with Crippen LogP contribution in [0.2, 0.25) is 0 Å². The highest BCUT2D eigenvalue weighted by molar-refractivity contribution is 8.27. The normalized spacial score (nSPS) is 17.4. The number of nitrogens with one attached hydrogen (secondary N) is 1. The van der Waals surface area contributed by atoms with Crippen molar-refractivity contribution < 1.29 is 4.79 Å². The van der Waals surface area contributed by atoms with Gasteiger partial charge in [0.05, 0.1) is 5.57 Å². The van der Waals surface area contributed by atoms with Crippen LogP contribution in [-0.4, -0.2) is 31.5 Å². The molecule has 2 aromatic carbocycles. The molecule has 182 valence electrons. The maximum Gasteiger partial charge on any atom is 0.283 e. The Hall–Kier alpha value is -3.71. The fourth-order valence-electron chi connectivity index (χ4n) is 4.56. The standard InChI is InChI=1S/C29H29N5OS/c1-6-18(3)21-10-12-24(13-11-21)33-19(4)15-23(20(33)5)16-25-26(30)34-29(31-27(25)35)36-28(32-34)22-9-7-8-17(2)14-22/h7-16,18,30H,6H2,1-5H3/b25-16+,30-26?/t18-/m0/s1. The summed E-state index contributed by atoms with van der Waals surface area (Å²) >= 11 is 1.32. The molecule has 5 rings (SSSR count). The number of aryl methyl sites for hydroxylation is 2. The first-order chi connectivity index (χ1) is 17.3. The molecular formula is C29H29N5OS. The Morgan fingerprint density at radius 3 is 2.53 bits per heavy atom. The second-order valence-corrected chi connectivity index (χ2v) is 10.3. The van der Waals surface area contributed by atoms with Gasteiger partial charge in [-0.2, -0.15) is 15.1 Å². The van der Waals surface area contributed by atoms with Crippen molar-refractivity contribution in [3.63, 3.8) is 0 Å². The third kappa shape index (κ3) is 4.24. The van der Waals surface area contributed by atoms with Gasteiger partial charge in [-0.25, -0.2) is 0 Å². The Balaban J connectivity index is 1.47. The first kappa shape index (κ1) is 24.0. The molecule has 0 fully saturated rings. The molecular weight excluding hydrogens is 466 g/mol. The van der Waals surface area contributed by atoms with Crippen molar-refractivity contribution in [2.24, 2.45) is 10.1 Å². The van der Waals surface area contributed by atoms with Crippen LogP contribution in [0.5, 0.6) is 0 Å². The van der Waals surface area contributed by atoms with E-state index in [1.54, 1.807) is 6.08 Å². The molecule has 3 aromatic rings. The lowest BCUT2D eigenvalue weighted by Crippen LogP contribution is -2.35. The highest BCUT2D eigenvalue weighted by Gasteiger charge is 2.36. The summed E-state index contributed by atoms with van der Waals surface area (Å²) in [6.07, 6.45) is 2.87. The van der Waals surface area contributed by atoms with E-state index in [-0.39, 0.29) is 11.4 Å². The largest absolute Gasteiger partial charge is 0.318 e. The number of carbonyl (C=O) groups is 1. The van der Waals surface area contributed by atoms with Crippen LogP contribution in [0.3, 0.4) is 0 Å². The summed E-state index contributed by atoms with van der Waals surface area (Å²) in [5.41, 5.74) is 7.67. The molecule has 6 nitrogen and oxygen atoms in total. The highest BCUT2D eigenvalue weighted by Crippen LogP contribution is 2.32. The zero-order valence-electron chi connectivity index (χ0n) is 21.2.